The lowest BCUT2D eigenvalue weighted by molar-refractivity contribution is -0.187. The van der Waals surface area contributed by atoms with Crippen molar-refractivity contribution in [2.45, 2.75) is 59.3 Å². The summed E-state index contributed by atoms with van der Waals surface area (Å²) in [5.74, 6) is 0.291. The van der Waals surface area contributed by atoms with Crippen LogP contribution in [0.15, 0.2) is 0 Å². The van der Waals surface area contributed by atoms with Crippen molar-refractivity contribution in [1.29, 1.82) is 0 Å². The molecule has 1 aromatic rings. The van der Waals surface area contributed by atoms with Crippen LogP contribution in [-0.4, -0.2) is 52.7 Å². The van der Waals surface area contributed by atoms with Gasteiger partial charge in [0.15, 0.2) is 5.79 Å². The molecular formula is C18H29N3O3. The number of carbonyl (C=O) groups is 1. The van der Waals surface area contributed by atoms with Gasteiger partial charge in [-0.2, -0.15) is 5.10 Å². The van der Waals surface area contributed by atoms with Gasteiger partial charge in [-0.05, 0) is 19.8 Å². The van der Waals surface area contributed by atoms with E-state index in [1.807, 2.05) is 16.5 Å². The Balaban J connectivity index is 1.62. The second-order valence-electron chi connectivity index (χ2n) is 7.39. The molecule has 134 valence electrons. The number of aromatic nitrogens is 2. The SMILES string of the molecule is Cc1nn(CC(C)C)c(C)c1CC(=O)N1CCC2(CC1)OCCO2. The molecule has 6 heteroatoms. The summed E-state index contributed by atoms with van der Waals surface area (Å²) in [6.45, 7) is 12.1. The number of hydrogen-bond donors (Lipinski definition) is 0. The van der Waals surface area contributed by atoms with Crippen molar-refractivity contribution in [2.24, 2.45) is 5.92 Å². The van der Waals surface area contributed by atoms with E-state index in [0.29, 0.717) is 38.6 Å². The van der Waals surface area contributed by atoms with Crippen molar-refractivity contribution in [3.05, 3.63) is 17.0 Å². The van der Waals surface area contributed by atoms with Crippen LogP contribution in [0.25, 0.3) is 0 Å². The molecule has 0 saturated carbocycles. The van der Waals surface area contributed by atoms with Crippen molar-refractivity contribution in [3.63, 3.8) is 0 Å². The van der Waals surface area contributed by atoms with Gasteiger partial charge in [0.2, 0.25) is 5.91 Å². The Kier molecular flexibility index (Phi) is 4.97. The van der Waals surface area contributed by atoms with Crippen LogP contribution in [0.5, 0.6) is 0 Å². The number of nitrogens with zero attached hydrogens (tertiary/aromatic N) is 3. The number of likely N-dealkylation sites (tertiary alicyclic amines) is 1. The normalized spacial score (nSPS) is 20.3. The fourth-order valence-electron chi connectivity index (χ4n) is 3.66. The van der Waals surface area contributed by atoms with Crippen LogP contribution in [0.2, 0.25) is 0 Å². The molecule has 2 fully saturated rings. The lowest BCUT2D eigenvalue weighted by Gasteiger charge is -2.37. The largest absolute Gasteiger partial charge is 0.347 e. The molecule has 3 heterocycles. The molecule has 2 aliphatic heterocycles. The first kappa shape index (κ1) is 17.4. The lowest BCUT2D eigenvalue weighted by atomic mass is 10.0. The Labute approximate surface area is 144 Å². The first-order chi connectivity index (χ1) is 11.4. The third-order valence-electron chi connectivity index (χ3n) is 5.09. The van der Waals surface area contributed by atoms with Crippen LogP contribution in [-0.2, 0) is 27.2 Å². The molecule has 24 heavy (non-hydrogen) atoms. The van der Waals surface area contributed by atoms with Gasteiger partial charge >= 0.3 is 0 Å². The quantitative estimate of drug-likeness (QED) is 0.845. The number of carbonyl (C=O) groups excluding carboxylic acids is 1. The molecule has 0 N–H and O–H groups in total. The first-order valence-corrected chi connectivity index (χ1v) is 8.99. The molecule has 0 aliphatic carbocycles. The van der Waals surface area contributed by atoms with Gasteiger partial charge in [0.05, 0.1) is 25.3 Å². The summed E-state index contributed by atoms with van der Waals surface area (Å²) >= 11 is 0. The van der Waals surface area contributed by atoms with Gasteiger partial charge in [-0.3, -0.25) is 9.48 Å². The highest BCUT2D eigenvalue weighted by molar-refractivity contribution is 5.79. The van der Waals surface area contributed by atoms with E-state index < -0.39 is 5.79 Å². The minimum atomic E-state index is -0.426. The molecule has 6 nitrogen and oxygen atoms in total. The third-order valence-corrected chi connectivity index (χ3v) is 5.09. The molecule has 1 aromatic heterocycles. The van der Waals surface area contributed by atoms with Crippen molar-refractivity contribution in [1.82, 2.24) is 14.7 Å². The van der Waals surface area contributed by atoms with E-state index in [1.54, 1.807) is 0 Å². The molecule has 0 atom stereocenters. The van der Waals surface area contributed by atoms with E-state index in [4.69, 9.17) is 9.47 Å². The van der Waals surface area contributed by atoms with Crippen molar-refractivity contribution >= 4 is 5.91 Å². The number of hydrogen-bond acceptors (Lipinski definition) is 4. The third kappa shape index (κ3) is 3.49. The van der Waals surface area contributed by atoms with Crippen LogP contribution in [0.4, 0.5) is 0 Å². The molecule has 0 radical (unpaired) electrons. The highest BCUT2D eigenvalue weighted by Gasteiger charge is 2.40. The fourth-order valence-corrected chi connectivity index (χ4v) is 3.66. The summed E-state index contributed by atoms with van der Waals surface area (Å²) in [5.41, 5.74) is 3.16. The Morgan fingerprint density at radius 3 is 2.42 bits per heavy atom. The Morgan fingerprint density at radius 1 is 1.21 bits per heavy atom. The number of amides is 1. The second kappa shape index (κ2) is 6.84. The van der Waals surface area contributed by atoms with E-state index in [1.165, 1.54) is 0 Å². The monoisotopic (exact) mass is 335 g/mol. The molecule has 1 spiro atoms. The standard InChI is InChI=1S/C18H29N3O3/c1-13(2)12-21-15(4)16(14(3)19-21)11-17(22)20-7-5-18(6-8-20)23-9-10-24-18/h13H,5-12H2,1-4H3. The molecule has 0 aromatic carbocycles. The number of piperidine rings is 1. The topological polar surface area (TPSA) is 56.6 Å². The summed E-state index contributed by atoms with van der Waals surface area (Å²) in [6, 6.07) is 0. The van der Waals surface area contributed by atoms with Gasteiger partial charge in [-0.1, -0.05) is 13.8 Å². The maximum absolute atomic E-state index is 12.7. The zero-order chi connectivity index (χ0) is 17.3. The highest BCUT2D eigenvalue weighted by Crippen LogP contribution is 2.31. The average Bonchev–Trinajstić information content (AvgIpc) is 3.08. The average molecular weight is 335 g/mol. The summed E-state index contributed by atoms with van der Waals surface area (Å²) in [7, 11) is 0. The van der Waals surface area contributed by atoms with Crippen LogP contribution < -0.4 is 0 Å². The second-order valence-corrected chi connectivity index (χ2v) is 7.39. The molecular weight excluding hydrogens is 306 g/mol. The molecule has 1 amide bonds. The van der Waals surface area contributed by atoms with Crippen LogP contribution in [0.1, 0.15) is 43.6 Å². The molecule has 3 rings (SSSR count). The van der Waals surface area contributed by atoms with Gasteiger partial charge in [0.1, 0.15) is 0 Å². The van der Waals surface area contributed by atoms with Crippen LogP contribution in [0, 0.1) is 19.8 Å². The summed E-state index contributed by atoms with van der Waals surface area (Å²) in [5, 5.41) is 4.61. The van der Waals surface area contributed by atoms with E-state index in [2.05, 4.69) is 25.9 Å². The summed E-state index contributed by atoms with van der Waals surface area (Å²) < 4.78 is 13.5. The van der Waals surface area contributed by atoms with E-state index in [0.717, 1.165) is 36.3 Å². The van der Waals surface area contributed by atoms with Crippen LogP contribution in [0.3, 0.4) is 0 Å². The number of ether oxygens (including phenoxy) is 2. The molecule has 2 aliphatic rings. The summed E-state index contributed by atoms with van der Waals surface area (Å²) in [6.07, 6.45) is 1.97. The van der Waals surface area contributed by atoms with E-state index in [-0.39, 0.29) is 5.91 Å². The van der Waals surface area contributed by atoms with Gasteiger partial charge in [0, 0.05) is 43.7 Å². The zero-order valence-corrected chi connectivity index (χ0v) is 15.3. The van der Waals surface area contributed by atoms with Gasteiger partial charge in [-0.15, -0.1) is 0 Å². The van der Waals surface area contributed by atoms with Gasteiger partial charge in [-0.25, -0.2) is 0 Å². The predicted molar refractivity (Wildman–Crippen MR) is 90.7 cm³/mol. The van der Waals surface area contributed by atoms with Crippen LogP contribution >= 0.6 is 0 Å². The van der Waals surface area contributed by atoms with E-state index in [9.17, 15) is 4.79 Å². The Hall–Kier alpha value is -1.40. The Bertz CT molecular complexity index is 593. The molecule has 0 bridgehead atoms. The van der Waals surface area contributed by atoms with E-state index >= 15 is 0 Å². The first-order valence-electron chi connectivity index (χ1n) is 8.99. The smallest absolute Gasteiger partial charge is 0.227 e. The summed E-state index contributed by atoms with van der Waals surface area (Å²) in [4.78, 5) is 14.7. The Morgan fingerprint density at radius 2 is 1.83 bits per heavy atom. The minimum Gasteiger partial charge on any atom is -0.347 e. The highest BCUT2D eigenvalue weighted by atomic mass is 16.7. The van der Waals surface area contributed by atoms with Crippen molar-refractivity contribution < 1.29 is 14.3 Å². The number of rotatable bonds is 4. The van der Waals surface area contributed by atoms with Crippen molar-refractivity contribution in [2.75, 3.05) is 26.3 Å². The fraction of sp³-hybridized carbons (Fsp3) is 0.778. The van der Waals surface area contributed by atoms with Gasteiger partial charge < -0.3 is 14.4 Å². The van der Waals surface area contributed by atoms with Crippen molar-refractivity contribution in [3.8, 4) is 0 Å². The maximum atomic E-state index is 12.7. The maximum Gasteiger partial charge on any atom is 0.227 e. The number of aryl methyl sites for hydroxylation is 1. The lowest BCUT2D eigenvalue weighted by Crippen LogP contribution is -2.47. The minimum absolute atomic E-state index is 0.179. The zero-order valence-electron chi connectivity index (χ0n) is 15.3. The predicted octanol–water partition coefficient (Wildman–Crippen LogP) is 2.06. The molecule has 0 unspecified atom stereocenters. The molecule has 2 saturated heterocycles. The van der Waals surface area contributed by atoms with Gasteiger partial charge in [0.25, 0.3) is 0 Å².